The second-order valence-electron chi connectivity index (χ2n) is 10.4. The van der Waals surface area contributed by atoms with Gasteiger partial charge >= 0.3 is 51.4 Å². The van der Waals surface area contributed by atoms with Gasteiger partial charge in [0.25, 0.3) is 0 Å². The number of hydrogen-bond donors (Lipinski definition) is 4. The average molecular weight is 645 g/mol. The summed E-state index contributed by atoms with van der Waals surface area (Å²) >= 11 is 9.32. The van der Waals surface area contributed by atoms with Gasteiger partial charge in [0.1, 0.15) is 33.3 Å². The van der Waals surface area contributed by atoms with Crippen molar-refractivity contribution in [3.05, 3.63) is 39.7 Å². The molecular weight excluding hydrogens is 599 g/mol. The number of fused-ring (bicyclic) bond motifs is 2. The molecule has 2 saturated carbocycles. The van der Waals surface area contributed by atoms with Crippen LogP contribution in [0.3, 0.4) is 0 Å². The number of halogens is 1. The molecule has 0 radical (unpaired) electrons. The summed E-state index contributed by atoms with van der Waals surface area (Å²) < 4.78 is 0. The molecule has 7 N–H and O–H groups in total. The third kappa shape index (κ3) is 11.0. The van der Waals surface area contributed by atoms with E-state index in [1.54, 1.807) is 29.0 Å². The van der Waals surface area contributed by atoms with Crippen molar-refractivity contribution in [3.63, 3.8) is 0 Å². The van der Waals surface area contributed by atoms with Crippen LogP contribution in [0.25, 0.3) is 20.4 Å². The van der Waals surface area contributed by atoms with E-state index >= 15 is 0 Å². The molecule has 0 aromatic carbocycles. The molecule has 4 heterocycles. The number of nitrogens with one attached hydrogen (secondary N) is 1. The Hall–Kier alpha value is -0.314. The van der Waals surface area contributed by atoms with Gasteiger partial charge in [-0.05, 0) is 76.3 Å². The monoisotopic (exact) mass is 644 g/mol. The van der Waals surface area contributed by atoms with Crippen LogP contribution in [0.15, 0.2) is 24.8 Å². The van der Waals surface area contributed by atoms with Crippen LogP contribution in [-0.2, 0) is 12.8 Å². The summed E-state index contributed by atoms with van der Waals surface area (Å²) in [6.45, 7) is 4.29. The molecule has 2 aliphatic rings. The molecule has 2 fully saturated rings. The van der Waals surface area contributed by atoms with E-state index in [2.05, 4.69) is 51.2 Å². The minimum absolute atomic E-state index is 0. The molecule has 2 aliphatic carbocycles. The summed E-state index contributed by atoms with van der Waals surface area (Å²) in [7, 11) is 0. The van der Waals surface area contributed by atoms with Crippen molar-refractivity contribution in [2.75, 3.05) is 5.32 Å². The van der Waals surface area contributed by atoms with E-state index in [0.29, 0.717) is 29.3 Å². The Morgan fingerprint density at radius 1 is 0.756 bits per heavy atom. The second-order valence-corrected chi connectivity index (χ2v) is 13.0. The number of hydrogen-bond acceptors (Lipinski definition) is 10. The zero-order chi connectivity index (χ0) is 27.8. The standard InChI is InChI=1S/C14H20N4S.C8H7ClN2S.C6H14N2.CH4.K.H/c1-2-11-7-12-13(16-8-17-14(12)19-11)18-10-5-3-9(15)4-6-10;1-2-5-3-6-7(9)10-4-11-8(6)12-5;7-5-1-2-6(8)4-3-5;;;/h7-10H,2-6,15H2,1H3,(H,16,17,18);3-4H,2H2,1H3;5-6H,1-4,7-8H2;1H4;;/q;;;;+1;-1. The first-order chi connectivity index (χ1) is 18.9. The molecule has 0 atom stereocenters. The summed E-state index contributed by atoms with van der Waals surface area (Å²) in [5, 5.41) is 6.27. The number of nitrogens with two attached hydrogens (primary N) is 3. The van der Waals surface area contributed by atoms with Gasteiger partial charge in [0.15, 0.2) is 0 Å². The Labute approximate surface area is 302 Å². The van der Waals surface area contributed by atoms with Crippen molar-refractivity contribution in [1.29, 1.82) is 0 Å². The van der Waals surface area contributed by atoms with Crippen LogP contribution < -0.4 is 73.9 Å². The SMILES string of the molecule is C.CCc1cc2c(Cl)ncnc2s1.CCc1cc2c(NC3CCC(N)CC3)ncnc2s1.NC1CCC(N)CC1.[H-].[K+]. The fourth-order valence-corrected chi connectivity index (χ4v) is 6.96. The molecule has 0 saturated heterocycles. The Morgan fingerprint density at radius 3 is 1.68 bits per heavy atom. The smallest absolute Gasteiger partial charge is 1.00 e. The van der Waals surface area contributed by atoms with E-state index in [4.69, 9.17) is 28.8 Å². The van der Waals surface area contributed by atoms with Crippen LogP contribution in [-0.4, -0.2) is 44.1 Å². The maximum absolute atomic E-state index is 5.95. The average Bonchev–Trinajstić information content (AvgIpc) is 3.58. The molecule has 8 nitrogen and oxygen atoms in total. The predicted octanol–water partition coefficient (Wildman–Crippen LogP) is 3.81. The summed E-state index contributed by atoms with van der Waals surface area (Å²) in [6, 6.07) is 6.04. The van der Waals surface area contributed by atoms with Crippen molar-refractivity contribution in [1.82, 2.24) is 19.9 Å². The van der Waals surface area contributed by atoms with Crippen LogP contribution in [0.2, 0.25) is 5.15 Å². The molecule has 12 heteroatoms. The van der Waals surface area contributed by atoms with Gasteiger partial charge in [0.2, 0.25) is 0 Å². The van der Waals surface area contributed by atoms with Crippen LogP contribution >= 0.6 is 34.3 Å². The molecule has 0 amide bonds. The largest absolute Gasteiger partial charge is 1.00 e. The molecule has 0 spiro atoms. The molecule has 0 aliphatic heterocycles. The molecule has 0 unspecified atom stereocenters. The number of aryl methyl sites for hydroxylation is 2. The van der Waals surface area contributed by atoms with Crippen LogP contribution in [0, 0.1) is 0 Å². The second kappa shape index (κ2) is 18.5. The quantitative estimate of drug-likeness (QED) is 0.194. The molecule has 0 bridgehead atoms. The first-order valence-electron chi connectivity index (χ1n) is 14.0. The van der Waals surface area contributed by atoms with E-state index in [0.717, 1.165) is 85.1 Å². The van der Waals surface area contributed by atoms with Crippen LogP contribution in [0.4, 0.5) is 5.82 Å². The van der Waals surface area contributed by atoms with Gasteiger partial charge in [-0.15, -0.1) is 22.7 Å². The maximum atomic E-state index is 5.95. The number of anilines is 1. The minimum atomic E-state index is 0. The fraction of sp³-hybridized carbons (Fsp3) is 0.586. The van der Waals surface area contributed by atoms with E-state index in [1.807, 2.05) is 0 Å². The Kier molecular flexibility index (Phi) is 16.6. The predicted molar refractivity (Wildman–Crippen MR) is 175 cm³/mol. The number of nitrogens with zero attached hydrogens (tertiary/aromatic N) is 4. The summed E-state index contributed by atoms with van der Waals surface area (Å²) in [5.74, 6) is 0.987. The normalized spacial score (nSPS) is 21.9. The summed E-state index contributed by atoms with van der Waals surface area (Å²) in [5.41, 5.74) is 17.2. The Morgan fingerprint density at radius 2 is 1.20 bits per heavy atom. The molecule has 6 rings (SSSR count). The third-order valence-electron chi connectivity index (χ3n) is 7.34. The topological polar surface area (TPSA) is 142 Å². The fourth-order valence-electron chi connectivity index (χ4n) is 4.85. The maximum Gasteiger partial charge on any atom is 1.00 e. The van der Waals surface area contributed by atoms with Gasteiger partial charge < -0.3 is 23.9 Å². The third-order valence-corrected chi connectivity index (χ3v) is 10.0. The van der Waals surface area contributed by atoms with Crippen molar-refractivity contribution >= 4 is 60.5 Å². The van der Waals surface area contributed by atoms with E-state index < -0.39 is 0 Å². The summed E-state index contributed by atoms with van der Waals surface area (Å²) in [6.07, 6.45) is 14.2. The zero-order valence-electron chi connectivity index (χ0n) is 24.9. The van der Waals surface area contributed by atoms with Crippen molar-refractivity contribution in [3.8, 4) is 0 Å². The number of aromatic nitrogens is 4. The Bertz CT molecular complexity index is 1310. The molecule has 4 aromatic rings. The first-order valence-corrected chi connectivity index (χ1v) is 16.0. The van der Waals surface area contributed by atoms with Crippen molar-refractivity contribution in [2.45, 2.75) is 110 Å². The number of rotatable bonds is 4. The minimum Gasteiger partial charge on any atom is -1.00 e. The zero-order valence-corrected chi connectivity index (χ0v) is 29.4. The number of thiophene rings is 2. The molecule has 222 valence electrons. The van der Waals surface area contributed by atoms with Crippen LogP contribution in [0.5, 0.6) is 0 Å². The van der Waals surface area contributed by atoms with Gasteiger partial charge in [-0.3, -0.25) is 0 Å². The van der Waals surface area contributed by atoms with Gasteiger partial charge in [-0.2, -0.15) is 0 Å². The van der Waals surface area contributed by atoms with E-state index in [1.165, 1.54) is 21.5 Å². The molecular formula is C29H46ClKN8S2. The van der Waals surface area contributed by atoms with E-state index in [-0.39, 0.29) is 60.2 Å². The van der Waals surface area contributed by atoms with Crippen molar-refractivity contribution in [2.24, 2.45) is 17.2 Å². The molecule has 41 heavy (non-hydrogen) atoms. The Balaban J connectivity index is 0.000000332. The van der Waals surface area contributed by atoms with Gasteiger partial charge in [-0.1, -0.05) is 32.9 Å². The first kappa shape index (κ1) is 36.9. The molecule has 4 aromatic heterocycles. The summed E-state index contributed by atoms with van der Waals surface area (Å²) in [4.78, 5) is 21.6. The van der Waals surface area contributed by atoms with Gasteiger partial charge in [-0.25, -0.2) is 19.9 Å². The van der Waals surface area contributed by atoms with Crippen molar-refractivity contribution < 1.29 is 52.8 Å². The van der Waals surface area contributed by atoms with Crippen LogP contribution in [0.1, 0.15) is 83.8 Å². The van der Waals surface area contributed by atoms with Gasteiger partial charge in [0.05, 0.1) is 5.39 Å². The van der Waals surface area contributed by atoms with E-state index in [9.17, 15) is 0 Å². The van der Waals surface area contributed by atoms with Gasteiger partial charge in [0, 0.05) is 39.3 Å².